The first-order valence-corrected chi connectivity index (χ1v) is 15.0. The Hall–Kier alpha value is -2.11. The highest BCUT2D eigenvalue weighted by Crippen LogP contribution is 2.78. The highest BCUT2D eigenvalue weighted by molar-refractivity contribution is 6.28. The largest absolute Gasteiger partial charge is 0.363 e. The van der Waals surface area contributed by atoms with E-state index in [4.69, 9.17) is 4.74 Å². The Balaban J connectivity index is 2.48. The fourth-order valence-electron chi connectivity index (χ4n) is 7.84. The van der Waals surface area contributed by atoms with Gasteiger partial charge in [-0.25, -0.2) is 0 Å². The first-order valence-electron chi connectivity index (χ1n) is 15.0. The van der Waals surface area contributed by atoms with Crippen molar-refractivity contribution in [2.24, 2.45) is 28.1 Å². The second-order valence-electron chi connectivity index (χ2n) is 14.2. The van der Waals surface area contributed by atoms with Crippen LogP contribution >= 0.6 is 0 Å². The summed E-state index contributed by atoms with van der Waals surface area (Å²) in [6.07, 6.45) is 10.5. The topological polar surface area (TPSA) is 80.7 Å². The molecule has 6 atom stereocenters. The SMILES string of the molecule is CC(C)=CCC[C@]1(C)[C@@H](CC=C(C)C)C[C@]2(CC=C(C)C)C(=O)[C@@]3(CC=C(C)C)O[C@@]2(O)[C@]1(C(=O)C(C)C)C3=O. The van der Waals surface area contributed by atoms with Crippen LogP contribution in [0.25, 0.3) is 0 Å². The molecule has 1 N–H and O–H groups in total. The van der Waals surface area contributed by atoms with Gasteiger partial charge in [0.05, 0.1) is 5.41 Å². The van der Waals surface area contributed by atoms with Crippen LogP contribution in [-0.2, 0) is 19.1 Å². The molecule has 0 aromatic heterocycles. The number of ketones is 3. The molecular weight excluding hydrogens is 500 g/mol. The van der Waals surface area contributed by atoms with Crippen molar-refractivity contribution in [3.8, 4) is 0 Å². The number of carbonyl (C=O) groups excluding carboxylic acids is 3. The third-order valence-electron chi connectivity index (χ3n) is 9.92. The summed E-state index contributed by atoms with van der Waals surface area (Å²) in [4.78, 5) is 44.5. The lowest BCUT2D eigenvalue weighted by Crippen LogP contribution is -2.78. The zero-order chi connectivity index (χ0) is 30.5. The molecule has 222 valence electrons. The lowest BCUT2D eigenvalue weighted by molar-refractivity contribution is -0.317. The summed E-state index contributed by atoms with van der Waals surface area (Å²) in [5.74, 6) is -4.13. The van der Waals surface area contributed by atoms with Crippen LogP contribution in [0.3, 0.4) is 0 Å². The lowest BCUT2D eigenvalue weighted by atomic mass is 9.35. The molecule has 0 aromatic rings. The van der Waals surface area contributed by atoms with Gasteiger partial charge in [-0.3, -0.25) is 14.4 Å². The molecular formula is C35H52O5. The van der Waals surface area contributed by atoms with Crippen LogP contribution in [0.2, 0.25) is 0 Å². The number of hydrogen-bond donors (Lipinski definition) is 1. The van der Waals surface area contributed by atoms with Gasteiger partial charge in [-0.1, -0.05) is 67.4 Å². The van der Waals surface area contributed by atoms with Gasteiger partial charge in [-0.15, -0.1) is 0 Å². The van der Waals surface area contributed by atoms with Crippen molar-refractivity contribution in [1.29, 1.82) is 0 Å². The molecule has 0 radical (unpaired) electrons. The zero-order valence-electron chi connectivity index (χ0n) is 26.8. The van der Waals surface area contributed by atoms with Crippen LogP contribution in [0, 0.1) is 28.1 Å². The molecule has 3 aliphatic rings. The number of ether oxygens (including phenoxy) is 1. The fourth-order valence-corrected chi connectivity index (χ4v) is 7.84. The minimum absolute atomic E-state index is 0.0295. The van der Waals surface area contributed by atoms with Gasteiger partial charge in [0.25, 0.3) is 0 Å². The molecule has 40 heavy (non-hydrogen) atoms. The Bertz CT molecular complexity index is 1180. The predicted octanol–water partition coefficient (Wildman–Crippen LogP) is 7.64. The zero-order valence-corrected chi connectivity index (χ0v) is 26.8. The minimum atomic E-state index is -2.22. The predicted molar refractivity (Wildman–Crippen MR) is 161 cm³/mol. The number of allylic oxidation sites excluding steroid dienone is 7. The molecule has 5 nitrogen and oxygen atoms in total. The van der Waals surface area contributed by atoms with E-state index < -0.39 is 39.3 Å². The quantitative estimate of drug-likeness (QED) is 0.210. The Kier molecular flexibility index (Phi) is 8.87. The number of fused-ring (bicyclic) bond motifs is 1. The van der Waals surface area contributed by atoms with E-state index in [-0.39, 0.29) is 30.3 Å². The summed E-state index contributed by atoms with van der Waals surface area (Å²) in [7, 11) is 0. The van der Waals surface area contributed by atoms with Crippen LogP contribution in [-0.4, -0.2) is 33.8 Å². The second kappa shape index (κ2) is 10.9. The highest BCUT2D eigenvalue weighted by Gasteiger charge is 2.94. The van der Waals surface area contributed by atoms with Crippen LogP contribution in [0.15, 0.2) is 46.6 Å². The standard InChI is InChI=1S/C35H52O5/c1-22(2)13-12-18-31(11)27(15-14-23(3)4)21-32(19-16-24(5)6)29(37)33(20-17-25(7)8)30(38)34(31,28(36)26(9)10)35(32,39)40-33/h13-14,16-17,26-27,39H,12,15,18-21H2,1-11H3/t27-,31+,32+,33+,34+,35+/m0/s1. The molecule has 2 heterocycles. The fraction of sp³-hybridized carbons (Fsp3) is 0.686. The molecule has 2 aliphatic heterocycles. The summed E-state index contributed by atoms with van der Waals surface area (Å²) in [5, 5.41) is 13.0. The molecule has 0 unspecified atom stereocenters. The third kappa shape index (κ3) is 4.38. The van der Waals surface area contributed by atoms with Crippen molar-refractivity contribution < 1.29 is 24.2 Å². The average Bonchev–Trinajstić information content (AvgIpc) is 3.17. The lowest BCUT2D eigenvalue weighted by Gasteiger charge is -2.64. The highest BCUT2D eigenvalue weighted by atomic mass is 16.7. The smallest absolute Gasteiger partial charge is 0.201 e. The van der Waals surface area contributed by atoms with Gasteiger partial charge in [0, 0.05) is 12.3 Å². The summed E-state index contributed by atoms with van der Waals surface area (Å²) in [6.45, 7) is 21.5. The van der Waals surface area contributed by atoms with Crippen LogP contribution < -0.4 is 0 Å². The first kappa shape index (κ1) is 32.4. The van der Waals surface area contributed by atoms with Gasteiger partial charge < -0.3 is 9.84 Å². The third-order valence-corrected chi connectivity index (χ3v) is 9.92. The average molecular weight is 553 g/mol. The molecule has 1 aliphatic carbocycles. The van der Waals surface area contributed by atoms with Gasteiger partial charge in [-0.05, 0) is 98.8 Å². The summed E-state index contributed by atoms with van der Waals surface area (Å²) in [5.41, 5.74) is -1.80. The maximum Gasteiger partial charge on any atom is 0.201 e. The molecule has 1 saturated carbocycles. The number of carbonyl (C=O) groups is 3. The van der Waals surface area contributed by atoms with E-state index in [9.17, 15) is 14.7 Å². The van der Waals surface area contributed by atoms with Crippen molar-refractivity contribution >= 4 is 17.3 Å². The molecule has 0 aromatic carbocycles. The van der Waals surface area contributed by atoms with Crippen molar-refractivity contribution in [3.05, 3.63) is 46.6 Å². The first-order chi connectivity index (χ1) is 18.4. The van der Waals surface area contributed by atoms with Crippen LogP contribution in [0.5, 0.6) is 0 Å². The van der Waals surface area contributed by atoms with E-state index in [1.807, 2.05) is 74.5 Å². The van der Waals surface area contributed by atoms with E-state index in [1.165, 1.54) is 0 Å². The molecule has 2 saturated heterocycles. The van der Waals surface area contributed by atoms with Gasteiger partial charge in [0.2, 0.25) is 5.79 Å². The molecule has 0 spiro atoms. The number of hydrogen-bond acceptors (Lipinski definition) is 5. The van der Waals surface area contributed by atoms with Crippen molar-refractivity contribution in [2.45, 2.75) is 126 Å². The van der Waals surface area contributed by atoms with Crippen molar-refractivity contribution in [3.63, 3.8) is 0 Å². The molecule has 5 heteroatoms. The monoisotopic (exact) mass is 552 g/mol. The normalized spacial score (nSPS) is 36.0. The summed E-state index contributed by atoms with van der Waals surface area (Å²) in [6, 6.07) is 0. The van der Waals surface area contributed by atoms with Gasteiger partial charge in [0.15, 0.2) is 28.4 Å². The molecule has 3 rings (SSSR count). The van der Waals surface area contributed by atoms with Gasteiger partial charge in [-0.2, -0.15) is 0 Å². The molecule has 3 fully saturated rings. The number of rotatable bonds is 11. The Morgan fingerprint density at radius 1 is 0.875 bits per heavy atom. The molecule has 2 bridgehead atoms. The van der Waals surface area contributed by atoms with E-state index in [0.29, 0.717) is 25.7 Å². The van der Waals surface area contributed by atoms with Crippen molar-refractivity contribution in [1.82, 2.24) is 0 Å². The van der Waals surface area contributed by atoms with E-state index in [0.717, 1.165) is 22.3 Å². The number of aliphatic hydroxyl groups is 1. The van der Waals surface area contributed by atoms with Crippen LogP contribution in [0.4, 0.5) is 0 Å². The second-order valence-corrected chi connectivity index (χ2v) is 14.2. The summed E-state index contributed by atoms with van der Waals surface area (Å²) < 4.78 is 6.53. The van der Waals surface area contributed by atoms with Gasteiger partial charge >= 0.3 is 0 Å². The van der Waals surface area contributed by atoms with E-state index in [1.54, 1.807) is 13.8 Å². The van der Waals surface area contributed by atoms with E-state index >= 15 is 4.79 Å². The Labute approximate surface area is 242 Å². The van der Waals surface area contributed by atoms with Crippen LogP contribution in [0.1, 0.15) is 115 Å². The Morgan fingerprint density at radius 3 is 1.90 bits per heavy atom. The summed E-state index contributed by atoms with van der Waals surface area (Å²) >= 11 is 0. The van der Waals surface area contributed by atoms with Crippen molar-refractivity contribution in [2.75, 3.05) is 0 Å². The molecule has 0 amide bonds. The van der Waals surface area contributed by atoms with Gasteiger partial charge in [0.1, 0.15) is 0 Å². The number of Topliss-reactive ketones (excluding diaryl/α,β-unsaturated/α-hetero) is 3. The Morgan fingerprint density at radius 2 is 1.40 bits per heavy atom. The van der Waals surface area contributed by atoms with E-state index in [2.05, 4.69) is 12.2 Å². The maximum absolute atomic E-state index is 15.1. The minimum Gasteiger partial charge on any atom is -0.363 e. The maximum atomic E-state index is 15.1.